The smallest absolute Gasteiger partial charge is 0.315 e. The van der Waals surface area contributed by atoms with E-state index >= 15 is 0 Å². The van der Waals surface area contributed by atoms with Crippen molar-refractivity contribution < 1.29 is 19.4 Å². The van der Waals surface area contributed by atoms with Gasteiger partial charge in [-0.25, -0.2) is 0 Å². The van der Waals surface area contributed by atoms with Gasteiger partial charge in [-0.2, -0.15) is 0 Å². The molecule has 0 saturated carbocycles. The van der Waals surface area contributed by atoms with Crippen molar-refractivity contribution in [1.29, 1.82) is 0 Å². The molecule has 0 fully saturated rings. The average molecular weight is 253 g/mol. The fourth-order valence-electron chi connectivity index (χ4n) is 1.42. The van der Waals surface area contributed by atoms with Gasteiger partial charge in [0.25, 0.3) is 0 Å². The normalized spacial score (nSPS) is 26.4. The topological polar surface area (TPSA) is 63.6 Å². The zero-order chi connectivity index (χ0) is 12.0. The van der Waals surface area contributed by atoms with Crippen LogP contribution in [-0.4, -0.2) is 29.6 Å². The summed E-state index contributed by atoms with van der Waals surface area (Å²) in [5, 5.41) is 9.56. The van der Waals surface area contributed by atoms with Gasteiger partial charge in [0.05, 0.1) is 12.1 Å². The molecule has 0 amide bonds. The fraction of sp³-hybridized carbons (Fsp3) is 0.556. The lowest BCUT2D eigenvalue weighted by molar-refractivity contribution is -0.170. The minimum atomic E-state index is -2.07. The third-order valence-electron chi connectivity index (χ3n) is 2.64. The molecular weight excluding hydrogens is 243 g/mol. The SMILES string of the molecule is COC(=O)C(C)(C)C1(O)C(=O)C(Cl)=C1Cl. The van der Waals surface area contributed by atoms with Crippen molar-refractivity contribution in [1.82, 2.24) is 0 Å². The van der Waals surface area contributed by atoms with Gasteiger partial charge in [-0.3, -0.25) is 9.59 Å². The molecule has 1 aliphatic carbocycles. The van der Waals surface area contributed by atoms with E-state index in [1.54, 1.807) is 0 Å². The molecule has 0 aromatic carbocycles. The van der Waals surface area contributed by atoms with Crippen LogP contribution in [0.15, 0.2) is 10.1 Å². The number of aliphatic hydroxyl groups is 1. The van der Waals surface area contributed by atoms with E-state index in [1.165, 1.54) is 13.8 Å². The number of Topliss-reactive ketones (excluding diaryl/α,β-unsaturated/α-hetero) is 1. The first-order valence-corrected chi connectivity index (χ1v) is 4.88. The highest BCUT2D eigenvalue weighted by Gasteiger charge is 2.64. The molecule has 0 bridgehead atoms. The van der Waals surface area contributed by atoms with E-state index in [1.807, 2.05) is 0 Å². The zero-order valence-electron chi connectivity index (χ0n) is 8.43. The first-order chi connectivity index (χ1) is 6.71. The maximum atomic E-state index is 11.4. The Morgan fingerprint density at radius 1 is 1.47 bits per heavy atom. The highest BCUT2D eigenvalue weighted by Crippen LogP contribution is 2.50. The molecule has 1 aliphatic rings. The number of hydrogen-bond donors (Lipinski definition) is 1. The summed E-state index contributed by atoms with van der Waals surface area (Å²) in [6.07, 6.45) is 0. The summed E-state index contributed by atoms with van der Waals surface area (Å²) in [6.45, 7) is 2.73. The van der Waals surface area contributed by atoms with Gasteiger partial charge in [-0.15, -0.1) is 0 Å². The summed E-state index contributed by atoms with van der Waals surface area (Å²) >= 11 is 11.1. The molecular formula is C9H10Cl2O4. The van der Waals surface area contributed by atoms with E-state index in [2.05, 4.69) is 4.74 Å². The number of hydrogen-bond acceptors (Lipinski definition) is 4. The highest BCUT2D eigenvalue weighted by atomic mass is 35.5. The van der Waals surface area contributed by atoms with E-state index in [0.29, 0.717) is 0 Å². The average Bonchev–Trinajstić information content (AvgIpc) is 2.23. The van der Waals surface area contributed by atoms with Crippen LogP contribution in [0.2, 0.25) is 0 Å². The Balaban J connectivity index is 3.21. The van der Waals surface area contributed by atoms with Crippen molar-refractivity contribution in [3.8, 4) is 0 Å². The Hall–Kier alpha value is -0.580. The minimum absolute atomic E-state index is 0.218. The maximum absolute atomic E-state index is 11.4. The van der Waals surface area contributed by atoms with E-state index in [4.69, 9.17) is 23.2 Å². The molecule has 1 atom stereocenters. The standard InChI is InChI=1S/C9H10Cl2O4/c1-8(2,7(13)15-3)9(14)5(11)4(10)6(9)12/h14H,1-3H3. The van der Waals surface area contributed by atoms with Gasteiger partial charge in [0.1, 0.15) is 10.4 Å². The van der Waals surface area contributed by atoms with Crippen molar-refractivity contribution in [2.24, 2.45) is 5.41 Å². The largest absolute Gasteiger partial charge is 0.469 e. The number of rotatable bonds is 2. The fourth-order valence-corrected chi connectivity index (χ4v) is 2.10. The van der Waals surface area contributed by atoms with E-state index in [0.717, 1.165) is 7.11 Å². The first kappa shape index (κ1) is 12.5. The Bertz CT molecular complexity index is 372. The molecule has 84 valence electrons. The van der Waals surface area contributed by atoms with E-state index < -0.39 is 22.8 Å². The van der Waals surface area contributed by atoms with E-state index in [9.17, 15) is 14.7 Å². The summed E-state index contributed by atoms with van der Waals surface area (Å²) in [4.78, 5) is 22.8. The number of ether oxygens (including phenoxy) is 1. The second-order valence-corrected chi connectivity index (χ2v) is 4.54. The van der Waals surface area contributed by atoms with Crippen molar-refractivity contribution in [2.45, 2.75) is 19.4 Å². The Morgan fingerprint density at radius 3 is 2.27 bits per heavy atom. The second kappa shape index (κ2) is 3.47. The van der Waals surface area contributed by atoms with Gasteiger partial charge in [-0.05, 0) is 13.8 Å². The second-order valence-electron chi connectivity index (χ2n) is 3.78. The van der Waals surface area contributed by atoms with Gasteiger partial charge in [0.2, 0.25) is 5.78 Å². The van der Waals surface area contributed by atoms with Crippen molar-refractivity contribution >= 4 is 35.0 Å². The molecule has 0 heterocycles. The highest BCUT2D eigenvalue weighted by molar-refractivity contribution is 6.56. The van der Waals surface area contributed by atoms with Gasteiger partial charge >= 0.3 is 5.97 Å². The van der Waals surface area contributed by atoms with Crippen LogP contribution < -0.4 is 0 Å². The van der Waals surface area contributed by atoms with Crippen LogP contribution in [0.4, 0.5) is 0 Å². The van der Waals surface area contributed by atoms with Crippen LogP contribution in [-0.2, 0) is 14.3 Å². The molecule has 6 heteroatoms. The van der Waals surface area contributed by atoms with Gasteiger partial charge in [0, 0.05) is 0 Å². The van der Waals surface area contributed by atoms with Crippen molar-refractivity contribution in [3.05, 3.63) is 10.1 Å². The van der Waals surface area contributed by atoms with Crippen LogP contribution >= 0.6 is 23.2 Å². The molecule has 0 saturated heterocycles. The van der Waals surface area contributed by atoms with Gasteiger partial charge in [-0.1, -0.05) is 23.2 Å². The van der Waals surface area contributed by atoms with Crippen molar-refractivity contribution in [3.63, 3.8) is 0 Å². The molecule has 0 radical (unpaired) electrons. The first-order valence-electron chi connectivity index (χ1n) is 4.12. The number of carbonyl (C=O) groups excluding carboxylic acids is 2. The predicted octanol–water partition coefficient (Wildman–Crippen LogP) is 1.19. The molecule has 4 nitrogen and oxygen atoms in total. The summed E-state index contributed by atoms with van der Waals surface area (Å²) < 4.78 is 4.49. The van der Waals surface area contributed by atoms with Crippen LogP contribution in [0.5, 0.6) is 0 Å². The number of carbonyl (C=O) groups is 2. The zero-order valence-corrected chi connectivity index (χ0v) is 9.94. The Kier molecular flexibility index (Phi) is 2.89. The summed E-state index contributed by atoms with van der Waals surface area (Å²) in [7, 11) is 1.16. The number of esters is 1. The van der Waals surface area contributed by atoms with Crippen molar-refractivity contribution in [2.75, 3.05) is 7.11 Å². The molecule has 1 N–H and O–H groups in total. The summed E-state index contributed by atoms with van der Waals surface area (Å²) in [5.41, 5.74) is -3.53. The monoisotopic (exact) mass is 252 g/mol. The molecule has 15 heavy (non-hydrogen) atoms. The maximum Gasteiger partial charge on any atom is 0.315 e. The number of methoxy groups -OCH3 is 1. The lowest BCUT2D eigenvalue weighted by atomic mass is 9.66. The molecule has 0 spiro atoms. The van der Waals surface area contributed by atoms with Gasteiger partial charge < -0.3 is 9.84 Å². The quantitative estimate of drug-likeness (QED) is 0.751. The Labute approximate surface area is 96.8 Å². The van der Waals surface area contributed by atoms with Gasteiger partial charge in [0.15, 0.2) is 5.60 Å². The lowest BCUT2D eigenvalue weighted by Gasteiger charge is -2.43. The summed E-state index contributed by atoms with van der Waals surface area (Å²) in [5.74, 6) is -1.50. The van der Waals surface area contributed by atoms with Crippen LogP contribution in [0.3, 0.4) is 0 Å². The lowest BCUT2D eigenvalue weighted by Crippen LogP contribution is -2.61. The molecule has 1 rings (SSSR count). The predicted molar refractivity (Wildman–Crippen MR) is 54.5 cm³/mol. The van der Waals surface area contributed by atoms with E-state index in [-0.39, 0.29) is 10.1 Å². The molecule has 0 aromatic heterocycles. The molecule has 1 unspecified atom stereocenters. The van der Waals surface area contributed by atoms with Crippen LogP contribution in [0, 0.1) is 5.41 Å². The number of halogens is 2. The Morgan fingerprint density at radius 2 is 1.93 bits per heavy atom. The third kappa shape index (κ3) is 1.32. The molecule has 0 aliphatic heterocycles. The van der Waals surface area contributed by atoms with Crippen LogP contribution in [0.25, 0.3) is 0 Å². The number of ketones is 1. The third-order valence-corrected chi connectivity index (χ3v) is 3.56. The molecule has 0 aromatic rings. The van der Waals surface area contributed by atoms with Crippen LogP contribution in [0.1, 0.15) is 13.8 Å². The summed E-state index contributed by atoms with van der Waals surface area (Å²) in [6, 6.07) is 0. The minimum Gasteiger partial charge on any atom is -0.469 e.